The van der Waals surface area contributed by atoms with Crippen molar-refractivity contribution in [1.29, 1.82) is 0 Å². The van der Waals surface area contributed by atoms with E-state index in [1.807, 2.05) is 0 Å². The van der Waals surface area contributed by atoms with Crippen LogP contribution in [0.3, 0.4) is 0 Å². The molecule has 0 saturated carbocycles. The van der Waals surface area contributed by atoms with Gasteiger partial charge in [-0.15, -0.1) is 0 Å². The van der Waals surface area contributed by atoms with Gasteiger partial charge in [0.15, 0.2) is 0 Å². The molecule has 0 bridgehead atoms. The predicted octanol–water partition coefficient (Wildman–Crippen LogP) is 1.27. The van der Waals surface area contributed by atoms with Gasteiger partial charge in [0.05, 0.1) is 0 Å². The third-order valence-corrected chi connectivity index (χ3v) is 3.61. The van der Waals surface area contributed by atoms with Gasteiger partial charge in [0.25, 0.3) is 5.92 Å². The summed E-state index contributed by atoms with van der Waals surface area (Å²) >= 11 is 0. The highest BCUT2D eigenvalue weighted by atomic mass is 19.3. The molecular formula is C14H20F2N2O2. The van der Waals surface area contributed by atoms with Crippen molar-refractivity contribution in [2.75, 3.05) is 32.8 Å². The van der Waals surface area contributed by atoms with Crippen molar-refractivity contribution in [1.82, 2.24) is 10.2 Å². The van der Waals surface area contributed by atoms with E-state index in [9.17, 15) is 13.9 Å². The summed E-state index contributed by atoms with van der Waals surface area (Å²) in [5.41, 5.74) is 0.970. The molecule has 1 fully saturated rings. The molecule has 1 aliphatic rings. The van der Waals surface area contributed by atoms with Gasteiger partial charge >= 0.3 is 0 Å². The van der Waals surface area contributed by atoms with Gasteiger partial charge in [0, 0.05) is 31.7 Å². The molecule has 20 heavy (non-hydrogen) atoms. The zero-order valence-corrected chi connectivity index (χ0v) is 11.4. The van der Waals surface area contributed by atoms with Gasteiger partial charge in [0.2, 0.25) is 0 Å². The lowest BCUT2D eigenvalue weighted by Gasteiger charge is -2.39. The number of aliphatic hydroxyl groups excluding tert-OH is 1. The fourth-order valence-corrected chi connectivity index (χ4v) is 2.61. The Balaban J connectivity index is 2.42. The fourth-order valence-electron chi connectivity index (χ4n) is 2.61. The fraction of sp³-hybridized carbons (Fsp3) is 0.571. The van der Waals surface area contributed by atoms with Crippen LogP contribution in [-0.4, -0.2) is 53.8 Å². The molecule has 3 N–H and O–H groups in total. The number of aryl methyl sites for hydroxylation is 1. The maximum absolute atomic E-state index is 14.2. The first-order valence-electron chi connectivity index (χ1n) is 6.68. The lowest BCUT2D eigenvalue weighted by Crippen LogP contribution is -2.51. The van der Waals surface area contributed by atoms with Crippen LogP contribution in [0.4, 0.5) is 8.78 Å². The van der Waals surface area contributed by atoms with E-state index in [4.69, 9.17) is 5.11 Å². The first kappa shape index (κ1) is 15.2. The minimum Gasteiger partial charge on any atom is -0.508 e. The smallest absolute Gasteiger partial charge is 0.290 e. The molecule has 0 radical (unpaired) electrons. The molecule has 0 unspecified atom stereocenters. The van der Waals surface area contributed by atoms with Crippen molar-refractivity contribution in [3.05, 3.63) is 29.3 Å². The molecule has 0 aliphatic carbocycles. The summed E-state index contributed by atoms with van der Waals surface area (Å²) in [5.74, 6) is -3.46. The molecule has 1 aromatic carbocycles. The van der Waals surface area contributed by atoms with Crippen molar-refractivity contribution < 1.29 is 19.0 Å². The third-order valence-electron chi connectivity index (χ3n) is 3.61. The Kier molecular flexibility index (Phi) is 4.57. The van der Waals surface area contributed by atoms with Crippen molar-refractivity contribution in [3.63, 3.8) is 0 Å². The van der Waals surface area contributed by atoms with E-state index in [0.717, 1.165) is 5.56 Å². The molecule has 0 amide bonds. The van der Waals surface area contributed by atoms with Crippen molar-refractivity contribution in [2.24, 2.45) is 0 Å². The monoisotopic (exact) mass is 286 g/mol. The van der Waals surface area contributed by atoms with Crippen molar-refractivity contribution >= 4 is 0 Å². The number of nitrogens with one attached hydrogen (secondary N) is 1. The van der Waals surface area contributed by atoms with Crippen LogP contribution >= 0.6 is 0 Å². The number of piperazine rings is 1. The number of phenolic OH excluding ortho intramolecular Hbond substituents is 1. The number of aliphatic hydroxyl groups is 1. The molecule has 1 aromatic rings. The van der Waals surface area contributed by atoms with E-state index in [0.29, 0.717) is 26.2 Å². The zero-order valence-electron chi connectivity index (χ0n) is 11.4. The Bertz CT molecular complexity index is 462. The van der Waals surface area contributed by atoms with Crippen LogP contribution in [0.15, 0.2) is 18.2 Å². The number of phenols is 1. The van der Waals surface area contributed by atoms with Crippen LogP contribution in [0, 0.1) is 6.92 Å². The van der Waals surface area contributed by atoms with Gasteiger partial charge in [-0.25, -0.2) is 8.78 Å². The summed E-state index contributed by atoms with van der Waals surface area (Å²) < 4.78 is 28.4. The first-order valence-corrected chi connectivity index (χ1v) is 6.68. The van der Waals surface area contributed by atoms with E-state index >= 15 is 0 Å². The average molecular weight is 286 g/mol. The Hall–Kier alpha value is -1.24. The van der Waals surface area contributed by atoms with E-state index < -0.39 is 18.6 Å². The Morgan fingerprint density at radius 3 is 2.60 bits per heavy atom. The number of hydrogen-bond donors (Lipinski definition) is 3. The normalized spacial score (nSPS) is 19.0. The molecule has 6 heteroatoms. The highest BCUT2D eigenvalue weighted by molar-refractivity contribution is 5.39. The largest absolute Gasteiger partial charge is 0.508 e. The number of rotatable bonds is 4. The SMILES string of the molecule is Cc1ccc(O)c([C@H](N2CCNCC2)C(F)(F)CO)c1. The Morgan fingerprint density at radius 2 is 2.00 bits per heavy atom. The number of halogens is 2. The summed E-state index contributed by atoms with van der Waals surface area (Å²) in [5, 5.41) is 22.1. The minimum absolute atomic E-state index is 0.160. The zero-order chi connectivity index (χ0) is 14.8. The molecule has 4 nitrogen and oxygen atoms in total. The minimum atomic E-state index is -3.30. The molecule has 0 aromatic heterocycles. The molecule has 1 aliphatic heterocycles. The summed E-state index contributed by atoms with van der Waals surface area (Å²) in [6.07, 6.45) is 0. The second-order valence-corrected chi connectivity index (χ2v) is 5.17. The Labute approximate surface area is 117 Å². The lowest BCUT2D eigenvalue weighted by atomic mass is 9.96. The number of benzene rings is 1. The molecule has 1 atom stereocenters. The van der Waals surface area contributed by atoms with Crippen molar-refractivity contribution in [2.45, 2.75) is 18.9 Å². The predicted molar refractivity (Wildman–Crippen MR) is 72.1 cm³/mol. The summed E-state index contributed by atoms with van der Waals surface area (Å²) in [7, 11) is 0. The van der Waals surface area contributed by atoms with Gasteiger partial charge in [0.1, 0.15) is 18.4 Å². The van der Waals surface area contributed by atoms with Crippen molar-refractivity contribution in [3.8, 4) is 5.75 Å². The van der Waals surface area contributed by atoms with Gasteiger partial charge in [-0.2, -0.15) is 0 Å². The topological polar surface area (TPSA) is 55.7 Å². The van der Waals surface area contributed by atoms with E-state index in [2.05, 4.69) is 5.32 Å². The quantitative estimate of drug-likeness (QED) is 0.780. The summed E-state index contributed by atoms with van der Waals surface area (Å²) in [6.45, 7) is 2.68. The van der Waals surface area contributed by atoms with Crippen LogP contribution in [0.25, 0.3) is 0 Å². The van der Waals surface area contributed by atoms with Gasteiger partial charge in [-0.3, -0.25) is 4.90 Å². The second kappa shape index (κ2) is 6.03. The standard InChI is InChI=1S/C14H20F2N2O2/c1-10-2-3-12(20)11(8-10)13(14(15,16)9-19)18-6-4-17-5-7-18/h2-3,8,13,17,19-20H,4-7,9H2,1H3/t13-/m0/s1. The molecule has 2 rings (SSSR count). The highest BCUT2D eigenvalue weighted by Crippen LogP contribution is 2.40. The number of nitrogens with zero attached hydrogens (tertiary/aromatic N) is 1. The van der Waals surface area contributed by atoms with E-state index in [1.165, 1.54) is 6.07 Å². The maximum atomic E-state index is 14.2. The van der Waals surface area contributed by atoms with Gasteiger partial charge in [-0.05, 0) is 13.0 Å². The first-order chi connectivity index (χ1) is 9.45. The summed E-state index contributed by atoms with van der Waals surface area (Å²) in [4.78, 5) is 1.61. The van der Waals surface area contributed by atoms with Crippen LogP contribution in [-0.2, 0) is 0 Å². The molecule has 112 valence electrons. The highest BCUT2D eigenvalue weighted by Gasteiger charge is 2.45. The van der Waals surface area contributed by atoms with Gasteiger partial charge in [-0.1, -0.05) is 17.7 Å². The molecule has 0 spiro atoms. The lowest BCUT2D eigenvalue weighted by molar-refractivity contribution is -0.119. The van der Waals surface area contributed by atoms with Crippen LogP contribution in [0.2, 0.25) is 0 Å². The third kappa shape index (κ3) is 3.08. The van der Waals surface area contributed by atoms with Crippen LogP contribution in [0.5, 0.6) is 5.75 Å². The van der Waals surface area contributed by atoms with E-state index in [1.54, 1.807) is 24.0 Å². The number of aromatic hydroxyl groups is 1. The maximum Gasteiger partial charge on any atom is 0.290 e. The van der Waals surface area contributed by atoms with Crippen LogP contribution < -0.4 is 5.32 Å². The molecule has 1 heterocycles. The molecule has 1 saturated heterocycles. The Morgan fingerprint density at radius 1 is 1.35 bits per heavy atom. The van der Waals surface area contributed by atoms with E-state index in [-0.39, 0.29) is 11.3 Å². The average Bonchev–Trinajstić information content (AvgIpc) is 2.44. The van der Waals surface area contributed by atoms with Crippen LogP contribution in [0.1, 0.15) is 17.2 Å². The number of hydrogen-bond acceptors (Lipinski definition) is 4. The summed E-state index contributed by atoms with van der Waals surface area (Å²) in [6, 6.07) is 3.35. The molecular weight excluding hydrogens is 266 g/mol. The second-order valence-electron chi connectivity index (χ2n) is 5.17. The van der Waals surface area contributed by atoms with Gasteiger partial charge < -0.3 is 15.5 Å². The number of alkyl halides is 2.